The summed E-state index contributed by atoms with van der Waals surface area (Å²) < 4.78 is 4.90. The van der Waals surface area contributed by atoms with Crippen molar-refractivity contribution >= 4 is 17.3 Å². The first-order chi connectivity index (χ1) is 7.54. The highest BCUT2D eigenvalue weighted by Crippen LogP contribution is 2.20. The predicted octanol–water partition coefficient (Wildman–Crippen LogP) is 1.94. The Kier molecular flexibility index (Phi) is 4.17. The van der Waals surface area contributed by atoms with Crippen LogP contribution in [0.5, 0.6) is 0 Å². The van der Waals surface area contributed by atoms with Gasteiger partial charge < -0.3 is 15.8 Å². The number of anilines is 2. The minimum atomic E-state index is -0.398. The van der Waals surface area contributed by atoms with Gasteiger partial charge in [-0.1, -0.05) is 6.07 Å². The zero-order valence-corrected chi connectivity index (χ0v) is 9.91. The van der Waals surface area contributed by atoms with Gasteiger partial charge in [0.05, 0.1) is 18.0 Å². The van der Waals surface area contributed by atoms with E-state index in [9.17, 15) is 4.79 Å². The number of carbonyl (C=O) groups excluding carboxylic acids is 1. The van der Waals surface area contributed by atoms with Crippen LogP contribution in [0.3, 0.4) is 0 Å². The highest BCUT2D eigenvalue weighted by atomic mass is 16.5. The van der Waals surface area contributed by atoms with Crippen molar-refractivity contribution in [3.05, 3.63) is 23.8 Å². The maximum atomic E-state index is 11.4. The molecule has 4 nitrogen and oxygen atoms in total. The van der Waals surface area contributed by atoms with Gasteiger partial charge in [-0.2, -0.15) is 0 Å². The fourth-order valence-corrected chi connectivity index (χ4v) is 1.37. The van der Waals surface area contributed by atoms with E-state index in [2.05, 4.69) is 5.32 Å². The van der Waals surface area contributed by atoms with Crippen LogP contribution in [0, 0.1) is 6.92 Å². The highest BCUT2D eigenvalue weighted by Gasteiger charge is 2.14. The number of nitrogen functional groups attached to an aromatic ring is 1. The molecule has 3 N–H and O–H groups in total. The molecule has 0 aliphatic rings. The lowest BCUT2D eigenvalue weighted by atomic mass is 10.2. The van der Waals surface area contributed by atoms with Gasteiger partial charge >= 0.3 is 5.97 Å². The Morgan fingerprint density at radius 1 is 1.56 bits per heavy atom. The molecule has 0 spiro atoms. The van der Waals surface area contributed by atoms with Gasteiger partial charge in [0, 0.05) is 0 Å². The van der Waals surface area contributed by atoms with Crippen molar-refractivity contribution in [2.75, 3.05) is 17.7 Å². The number of nitrogens with one attached hydrogen (secondary N) is 1. The van der Waals surface area contributed by atoms with E-state index in [-0.39, 0.29) is 5.97 Å². The first kappa shape index (κ1) is 12.4. The Balaban J connectivity index is 2.69. The van der Waals surface area contributed by atoms with Crippen molar-refractivity contribution in [3.8, 4) is 0 Å². The van der Waals surface area contributed by atoms with Crippen molar-refractivity contribution in [1.29, 1.82) is 0 Å². The number of hydrogen-bond acceptors (Lipinski definition) is 4. The quantitative estimate of drug-likeness (QED) is 0.603. The van der Waals surface area contributed by atoms with E-state index in [0.29, 0.717) is 12.3 Å². The first-order valence-electron chi connectivity index (χ1n) is 5.34. The number of hydrogen-bond donors (Lipinski definition) is 2. The van der Waals surface area contributed by atoms with E-state index >= 15 is 0 Å². The second-order valence-electron chi connectivity index (χ2n) is 3.71. The van der Waals surface area contributed by atoms with Gasteiger partial charge in [0.2, 0.25) is 0 Å². The third-order valence-corrected chi connectivity index (χ3v) is 2.22. The van der Waals surface area contributed by atoms with Crippen LogP contribution >= 0.6 is 0 Å². The van der Waals surface area contributed by atoms with Gasteiger partial charge in [-0.05, 0) is 38.5 Å². The van der Waals surface area contributed by atoms with Crippen LogP contribution in [0.4, 0.5) is 11.4 Å². The Hall–Kier alpha value is -1.71. The molecule has 0 aliphatic carbocycles. The number of carbonyl (C=O) groups is 1. The van der Waals surface area contributed by atoms with E-state index < -0.39 is 6.04 Å². The molecule has 4 heteroatoms. The van der Waals surface area contributed by atoms with Crippen molar-refractivity contribution < 1.29 is 9.53 Å². The molecule has 1 atom stereocenters. The summed E-state index contributed by atoms with van der Waals surface area (Å²) in [6.07, 6.45) is 0. The molecule has 0 aliphatic heterocycles. The van der Waals surface area contributed by atoms with E-state index in [1.54, 1.807) is 13.8 Å². The first-order valence-corrected chi connectivity index (χ1v) is 5.34. The molecule has 0 heterocycles. The molecule has 1 rings (SSSR count). The number of ether oxygens (including phenoxy) is 1. The molecule has 0 saturated carbocycles. The van der Waals surface area contributed by atoms with Crippen LogP contribution in [-0.2, 0) is 9.53 Å². The van der Waals surface area contributed by atoms with Gasteiger partial charge in [-0.15, -0.1) is 0 Å². The predicted molar refractivity (Wildman–Crippen MR) is 65.3 cm³/mol. The molecule has 0 saturated heterocycles. The average molecular weight is 222 g/mol. The molecular formula is C12H18N2O2. The Labute approximate surface area is 95.8 Å². The van der Waals surface area contributed by atoms with E-state index in [1.807, 2.05) is 25.1 Å². The number of benzene rings is 1. The van der Waals surface area contributed by atoms with Crippen LogP contribution < -0.4 is 11.1 Å². The summed E-state index contributed by atoms with van der Waals surface area (Å²) in [7, 11) is 0. The molecule has 1 aromatic rings. The number of esters is 1. The fraction of sp³-hybridized carbons (Fsp3) is 0.417. The molecule has 88 valence electrons. The zero-order valence-electron chi connectivity index (χ0n) is 9.91. The van der Waals surface area contributed by atoms with Gasteiger partial charge in [0.1, 0.15) is 6.04 Å². The Morgan fingerprint density at radius 2 is 2.25 bits per heavy atom. The third kappa shape index (κ3) is 3.15. The van der Waals surface area contributed by atoms with E-state index in [4.69, 9.17) is 10.5 Å². The lowest BCUT2D eigenvalue weighted by molar-refractivity contribution is -0.143. The molecule has 0 fully saturated rings. The monoisotopic (exact) mass is 222 g/mol. The van der Waals surface area contributed by atoms with E-state index in [0.717, 1.165) is 11.3 Å². The van der Waals surface area contributed by atoms with Crippen LogP contribution in [0.1, 0.15) is 19.4 Å². The molecule has 0 aromatic heterocycles. The molecule has 1 aromatic carbocycles. The van der Waals surface area contributed by atoms with Gasteiger partial charge in [0.15, 0.2) is 0 Å². The molecule has 0 radical (unpaired) electrons. The van der Waals surface area contributed by atoms with E-state index in [1.165, 1.54) is 0 Å². The van der Waals surface area contributed by atoms with Crippen LogP contribution in [-0.4, -0.2) is 18.6 Å². The standard InChI is InChI=1S/C12H18N2O2/c1-4-16-12(15)9(3)14-11-6-5-8(2)7-10(11)13/h5-7,9,14H,4,13H2,1-3H3. The largest absolute Gasteiger partial charge is 0.464 e. The lowest BCUT2D eigenvalue weighted by Gasteiger charge is -2.15. The summed E-state index contributed by atoms with van der Waals surface area (Å²) in [4.78, 5) is 11.4. The number of nitrogens with two attached hydrogens (primary N) is 1. The summed E-state index contributed by atoms with van der Waals surface area (Å²) in [5.41, 5.74) is 8.31. The summed E-state index contributed by atoms with van der Waals surface area (Å²) in [5.74, 6) is -0.275. The SMILES string of the molecule is CCOC(=O)C(C)Nc1ccc(C)cc1N. The normalized spacial score (nSPS) is 11.9. The fourth-order valence-electron chi connectivity index (χ4n) is 1.37. The van der Waals surface area contributed by atoms with Gasteiger partial charge in [-0.25, -0.2) is 4.79 Å². The number of rotatable bonds is 4. The molecule has 0 amide bonds. The van der Waals surface area contributed by atoms with Gasteiger partial charge in [0.25, 0.3) is 0 Å². The summed E-state index contributed by atoms with van der Waals surface area (Å²) in [6, 6.07) is 5.27. The number of aryl methyl sites for hydroxylation is 1. The molecule has 1 unspecified atom stereocenters. The maximum Gasteiger partial charge on any atom is 0.328 e. The summed E-state index contributed by atoms with van der Waals surface area (Å²) in [5, 5.41) is 3.02. The van der Waals surface area contributed by atoms with Crippen molar-refractivity contribution in [2.24, 2.45) is 0 Å². The second kappa shape index (κ2) is 5.39. The van der Waals surface area contributed by atoms with Crippen LogP contribution in [0.25, 0.3) is 0 Å². The second-order valence-corrected chi connectivity index (χ2v) is 3.71. The Morgan fingerprint density at radius 3 is 2.81 bits per heavy atom. The zero-order chi connectivity index (χ0) is 12.1. The summed E-state index contributed by atoms with van der Waals surface area (Å²) >= 11 is 0. The topological polar surface area (TPSA) is 64.3 Å². The average Bonchev–Trinajstić information content (AvgIpc) is 2.22. The molecular weight excluding hydrogens is 204 g/mol. The highest BCUT2D eigenvalue weighted by molar-refractivity contribution is 5.81. The summed E-state index contributed by atoms with van der Waals surface area (Å²) in [6.45, 7) is 5.88. The van der Waals surface area contributed by atoms with Crippen LogP contribution in [0.2, 0.25) is 0 Å². The van der Waals surface area contributed by atoms with Crippen LogP contribution in [0.15, 0.2) is 18.2 Å². The lowest BCUT2D eigenvalue weighted by Crippen LogP contribution is -2.28. The molecule has 16 heavy (non-hydrogen) atoms. The molecule has 0 bridgehead atoms. The van der Waals surface area contributed by atoms with Crippen molar-refractivity contribution in [1.82, 2.24) is 0 Å². The van der Waals surface area contributed by atoms with Crippen molar-refractivity contribution in [2.45, 2.75) is 26.8 Å². The third-order valence-electron chi connectivity index (χ3n) is 2.22. The van der Waals surface area contributed by atoms with Crippen molar-refractivity contribution in [3.63, 3.8) is 0 Å². The minimum Gasteiger partial charge on any atom is -0.464 e. The maximum absolute atomic E-state index is 11.4. The van der Waals surface area contributed by atoms with Gasteiger partial charge in [-0.3, -0.25) is 0 Å². The minimum absolute atomic E-state index is 0.275. The Bertz CT molecular complexity index is 377. The smallest absolute Gasteiger partial charge is 0.328 e.